The Hall–Kier alpha value is -7.99. The fourth-order valence-electron chi connectivity index (χ4n) is 9.69. The van der Waals surface area contributed by atoms with Crippen molar-refractivity contribution in [2.45, 2.75) is 0 Å². The van der Waals surface area contributed by atoms with Crippen LogP contribution in [0.15, 0.2) is 229 Å². The number of hydrogen-bond acceptors (Lipinski definition) is 4. The molecule has 0 atom stereocenters. The SMILES string of the molecule is c1ccc(-c2nc(-c3cc(-c4ccccc4)c4c(c3)-c3ccccc3[Si]4(c3ccccc3)c3ccccc3)nc(-c3cc(-c4ccccc4)c4oc5ccccc5c4c3)n2)cc1. The highest BCUT2D eigenvalue weighted by Gasteiger charge is 2.50. The molecule has 0 saturated carbocycles. The van der Waals surface area contributed by atoms with Crippen LogP contribution in [0.2, 0.25) is 0 Å². The molecule has 4 nitrogen and oxygen atoms in total. The molecule has 11 aromatic rings. The van der Waals surface area contributed by atoms with Crippen LogP contribution in [-0.2, 0) is 0 Å². The van der Waals surface area contributed by atoms with E-state index in [4.69, 9.17) is 19.4 Å². The zero-order valence-electron chi connectivity index (χ0n) is 33.6. The molecule has 0 amide bonds. The molecule has 1 aliphatic rings. The average Bonchev–Trinajstić information content (AvgIpc) is 3.89. The first-order chi connectivity index (χ1) is 30.7. The molecule has 1 aliphatic heterocycles. The van der Waals surface area contributed by atoms with Crippen molar-refractivity contribution in [2.24, 2.45) is 0 Å². The molecule has 0 radical (unpaired) electrons. The summed E-state index contributed by atoms with van der Waals surface area (Å²) in [4.78, 5) is 16.0. The summed E-state index contributed by atoms with van der Waals surface area (Å²) >= 11 is 0. The molecule has 3 heterocycles. The summed E-state index contributed by atoms with van der Waals surface area (Å²) in [7, 11) is -2.85. The minimum Gasteiger partial charge on any atom is -0.455 e. The van der Waals surface area contributed by atoms with Crippen molar-refractivity contribution in [3.63, 3.8) is 0 Å². The highest BCUT2D eigenvalue weighted by atomic mass is 28.3. The molecule has 0 N–H and O–H groups in total. The largest absolute Gasteiger partial charge is 0.455 e. The Labute approximate surface area is 360 Å². The first-order valence-electron chi connectivity index (χ1n) is 21.0. The van der Waals surface area contributed by atoms with Crippen LogP contribution >= 0.6 is 0 Å². The van der Waals surface area contributed by atoms with Gasteiger partial charge in [-0.05, 0) is 78.9 Å². The van der Waals surface area contributed by atoms with E-state index in [-0.39, 0.29) is 0 Å². The van der Waals surface area contributed by atoms with Crippen LogP contribution in [0.25, 0.3) is 89.5 Å². The molecule has 12 rings (SSSR count). The first kappa shape index (κ1) is 35.9. The fourth-order valence-corrected chi connectivity index (χ4v) is 15.1. The Morgan fingerprint density at radius 1 is 0.323 bits per heavy atom. The lowest BCUT2D eigenvalue weighted by Gasteiger charge is -2.33. The number of furan rings is 1. The lowest BCUT2D eigenvalue weighted by molar-refractivity contribution is 0.670. The fraction of sp³-hybridized carbons (Fsp3) is 0. The number of hydrogen-bond donors (Lipinski definition) is 0. The zero-order valence-corrected chi connectivity index (χ0v) is 34.6. The molecule has 5 heteroatoms. The molecule has 0 aliphatic carbocycles. The maximum absolute atomic E-state index is 6.57. The summed E-state index contributed by atoms with van der Waals surface area (Å²) in [5.74, 6) is 1.82. The van der Waals surface area contributed by atoms with Gasteiger partial charge in [0, 0.05) is 33.0 Å². The van der Waals surface area contributed by atoms with Crippen molar-refractivity contribution >= 4 is 50.8 Å². The third-order valence-corrected chi connectivity index (χ3v) is 17.3. The minimum atomic E-state index is -2.85. The van der Waals surface area contributed by atoms with Crippen LogP contribution in [0.1, 0.15) is 0 Å². The van der Waals surface area contributed by atoms with Crippen LogP contribution < -0.4 is 20.7 Å². The molecule has 0 fully saturated rings. The Kier molecular flexibility index (Phi) is 8.47. The van der Waals surface area contributed by atoms with Crippen molar-refractivity contribution in [2.75, 3.05) is 0 Å². The van der Waals surface area contributed by atoms with Crippen LogP contribution in [0.3, 0.4) is 0 Å². The van der Waals surface area contributed by atoms with Gasteiger partial charge in [-0.1, -0.05) is 194 Å². The molecule has 62 heavy (non-hydrogen) atoms. The van der Waals surface area contributed by atoms with Gasteiger partial charge in [0.05, 0.1) is 0 Å². The van der Waals surface area contributed by atoms with Crippen LogP contribution in [0.4, 0.5) is 0 Å². The van der Waals surface area contributed by atoms with E-state index in [0.29, 0.717) is 17.5 Å². The Balaban J connectivity index is 1.16. The van der Waals surface area contributed by atoms with Crippen molar-refractivity contribution in [1.29, 1.82) is 0 Å². The lowest BCUT2D eigenvalue weighted by Crippen LogP contribution is -2.73. The van der Waals surface area contributed by atoms with Crippen molar-refractivity contribution in [3.05, 3.63) is 224 Å². The summed E-state index contributed by atoms with van der Waals surface area (Å²) in [6, 6.07) is 80.1. The topological polar surface area (TPSA) is 51.8 Å². The van der Waals surface area contributed by atoms with E-state index in [1.807, 2.05) is 36.4 Å². The Morgan fingerprint density at radius 3 is 1.40 bits per heavy atom. The number of benzene rings is 9. The summed E-state index contributed by atoms with van der Waals surface area (Å²) < 4.78 is 6.57. The molecule has 0 bridgehead atoms. The second-order valence-electron chi connectivity index (χ2n) is 15.9. The number of aromatic nitrogens is 3. The Morgan fingerprint density at radius 2 is 0.774 bits per heavy atom. The van der Waals surface area contributed by atoms with E-state index in [1.54, 1.807) is 0 Å². The third kappa shape index (κ3) is 5.70. The van der Waals surface area contributed by atoms with Gasteiger partial charge in [-0.3, -0.25) is 0 Å². The van der Waals surface area contributed by atoms with E-state index >= 15 is 0 Å². The van der Waals surface area contributed by atoms with E-state index in [0.717, 1.165) is 55.3 Å². The van der Waals surface area contributed by atoms with Gasteiger partial charge in [0.2, 0.25) is 0 Å². The molecule has 0 saturated heterocycles. The normalized spacial score (nSPS) is 12.6. The van der Waals surface area contributed by atoms with Crippen molar-refractivity contribution < 1.29 is 4.42 Å². The summed E-state index contributed by atoms with van der Waals surface area (Å²) in [5, 5.41) is 7.54. The van der Waals surface area contributed by atoms with E-state index in [1.165, 1.54) is 37.4 Å². The van der Waals surface area contributed by atoms with Gasteiger partial charge in [0.1, 0.15) is 11.2 Å². The molecule has 9 aromatic carbocycles. The number of para-hydroxylation sites is 1. The van der Waals surface area contributed by atoms with Crippen molar-refractivity contribution in [1.82, 2.24) is 15.0 Å². The minimum absolute atomic E-state index is 0.595. The highest BCUT2D eigenvalue weighted by Crippen LogP contribution is 2.41. The van der Waals surface area contributed by atoms with Gasteiger partial charge < -0.3 is 4.42 Å². The maximum atomic E-state index is 6.57. The van der Waals surface area contributed by atoms with E-state index in [9.17, 15) is 0 Å². The first-order valence-corrected chi connectivity index (χ1v) is 23.0. The molecule has 0 unspecified atom stereocenters. The molecule has 0 spiro atoms. The Bertz CT molecular complexity index is 3410. The van der Waals surface area contributed by atoms with E-state index < -0.39 is 8.07 Å². The zero-order chi connectivity index (χ0) is 41.0. The van der Waals surface area contributed by atoms with Gasteiger partial charge in [-0.25, -0.2) is 15.0 Å². The van der Waals surface area contributed by atoms with Crippen LogP contribution in [0, 0.1) is 0 Å². The quantitative estimate of drug-likeness (QED) is 0.151. The van der Waals surface area contributed by atoms with Crippen LogP contribution in [-0.4, -0.2) is 23.0 Å². The molecule has 2 aromatic heterocycles. The van der Waals surface area contributed by atoms with Crippen molar-refractivity contribution in [3.8, 4) is 67.5 Å². The lowest BCUT2D eigenvalue weighted by atomic mass is 9.95. The van der Waals surface area contributed by atoms with Gasteiger partial charge in [-0.2, -0.15) is 0 Å². The summed E-state index contributed by atoms with van der Waals surface area (Å²) in [5.41, 5.74) is 11.3. The maximum Gasteiger partial charge on any atom is 0.181 e. The van der Waals surface area contributed by atoms with Gasteiger partial charge in [0.25, 0.3) is 0 Å². The number of rotatable bonds is 7. The second kappa shape index (κ2) is 14.6. The highest BCUT2D eigenvalue weighted by molar-refractivity contribution is 7.22. The predicted molar refractivity (Wildman–Crippen MR) is 257 cm³/mol. The number of nitrogens with zero attached hydrogens (tertiary/aromatic N) is 3. The average molecular weight is 808 g/mol. The standard InChI is InChI=1S/C57H37N3OSi/c1-6-20-38(21-7-1)47-34-41(36-49-45-30-16-18-32-51(45)61-53(47)49)56-58-55(40-24-10-3-11-25-40)59-57(60-56)42-35-48(39-22-8-2-9-23-39)54-50(37-42)46-31-17-19-33-52(46)62(54,43-26-12-4-13-27-43)44-28-14-5-15-29-44/h1-37H. The van der Waals surface area contributed by atoms with Gasteiger partial charge >= 0.3 is 0 Å². The second-order valence-corrected chi connectivity index (χ2v) is 19.6. The van der Waals surface area contributed by atoms with E-state index in [2.05, 4.69) is 188 Å². The third-order valence-electron chi connectivity index (χ3n) is 12.4. The molecular weight excluding hydrogens is 771 g/mol. The summed E-state index contributed by atoms with van der Waals surface area (Å²) in [6.07, 6.45) is 0. The smallest absolute Gasteiger partial charge is 0.181 e. The van der Waals surface area contributed by atoms with Gasteiger partial charge in [0.15, 0.2) is 25.5 Å². The monoisotopic (exact) mass is 807 g/mol. The number of fused-ring (bicyclic) bond motifs is 6. The molecular formula is C57H37N3OSi. The summed E-state index contributed by atoms with van der Waals surface area (Å²) in [6.45, 7) is 0. The molecule has 290 valence electrons. The van der Waals surface area contributed by atoms with Crippen LogP contribution in [0.5, 0.6) is 0 Å². The predicted octanol–water partition coefficient (Wildman–Crippen LogP) is 11.5. The van der Waals surface area contributed by atoms with Gasteiger partial charge in [-0.15, -0.1) is 0 Å².